The van der Waals surface area contributed by atoms with E-state index in [4.69, 9.17) is 0 Å². The van der Waals surface area contributed by atoms with Crippen molar-refractivity contribution < 1.29 is 4.79 Å². The summed E-state index contributed by atoms with van der Waals surface area (Å²) in [4.78, 5) is 18.5. The number of aryl methyl sites for hydroxylation is 1. The van der Waals surface area contributed by atoms with Crippen molar-refractivity contribution in [2.24, 2.45) is 0 Å². The zero-order valence-electron chi connectivity index (χ0n) is 12.8. The van der Waals surface area contributed by atoms with Crippen molar-refractivity contribution in [3.05, 3.63) is 46.5 Å². The van der Waals surface area contributed by atoms with Gasteiger partial charge in [-0.25, -0.2) is 9.78 Å². The Bertz CT molecular complexity index is 668. The molecule has 1 aliphatic rings. The summed E-state index contributed by atoms with van der Waals surface area (Å²) in [5.41, 5.74) is 3.46. The molecule has 1 aromatic heterocycles. The van der Waals surface area contributed by atoms with Crippen LogP contribution >= 0.6 is 11.3 Å². The Morgan fingerprint density at radius 3 is 3.00 bits per heavy atom. The minimum atomic E-state index is -0.138. The van der Waals surface area contributed by atoms with Crippen molar-refractivity contribution in [3.63, 3.8) is 0 Å². The first-order valence-electron chi connectivity index (χ1n) is 7.37. The van der Waals surface area contributed by atoms with Crippen molar-refractivity contribution in [1.29, 1.82) is 0 Å². The van der Waals surface area contributed by atoms with E-state index in [1.807, 2.05) is 36.5 Å². The number of urea groups is 1. The van der Waals surface area contributed by atoms with Gasteiger partial charge in [0.1, 0.15) is 0 Å². The van der Waals surface area contributed by atoms with E-state index < -0.39 is 0 Å². The fourth-order valence-electron chi connectivity index (χ4n) is 2.67. The molecule has 0 bridgehead atoms. The Hall–Kier alpha value is -2.08. The number of rotatable bonds is 4. The van der Waals surface area contributed by atoms with Crippen LogP contribution in [-0.4, -0.2) is 25.1 Å². The SMILES string of the molecule is CN(C)c1nc(CNC(=O)NC2CCc3ccccc32)cs1. The molecule has 2 N–H and O–H groups in total. The second-order valence-corrected chi connectivity index (χ2v) is 6.47. The summed E-state index contributed by atoms with van der Waals surface area (Å²) >= 11 is 1.58. The number of amides is 2. The minimum Gasteiger partial charge on any atom is -0.354 e. The summed E-state index contributed by atoms with van der Waals surface area (Å²) in [5.74, 6) is 0. The van der Waals surface area contributed by atoms with Crippen LogP contribution in [0.4, 0.5) is 9.93 Å². The molecule has 3 rings (SSSR count). The normalized spacial score (nSPS) is 16.2. The lowest BCUT2D eigenvalue weighted by atomic mass is 10.1. The largest absolute Gasteiger partial charge is 0.354 e. The van der Waals surface area contributed by atoms with Crippen LogP contribution in [0.25, 0.3) is 0 Å². The van der Waals surface area contributed by atoms with Crippen molar-refractivity contribution in [2.75, 3.05) is 19.0 Å². The fourth-order valence-corrected chi connectivity index (χ4v) is 3.43. The fraction of sp³-hybridized carbons (Fsp3) is 0.375. The van der Waals surface area contributed by atoms with Gasteiger partial charge in [0.15, 0.2) is 5.13 Å². The smallest absolute Gasteiger partial charge is 0.315 e. The first-order valence-corrected chi connectivity index (χ1v) is 8.25. The predicted octanol–water partition coefficient (Wildman–Crippen LogP) is 2.70. The number of carbonyl (C=O) groups excluding carboxylic acids is 1. The highest BCUT2D eigenvalue weighted by atomic mass is 32.1. The molecule has 22 heavy (non-hydrogen) atoms. The van der Waals surface area contributed by atoms with Crippen molar-refractivity contribution >= 4 is 22.5 Å². The molecule has 0 aliphatic heterocycles. The van der Waals surface area contributed by atoms with Gasteiger partial charge in [-0.3, -0.25) is 0 Å². The number of fused-ring (bicyclic) bond motifs is 1. The van der Waals surface area contributed by atoms with E-state index in [9.17, 15) is 4.79 Å². The van der Waals surface area contributed by atoms with E-state index in [0.29, 0.717) is 6.54 Å². The van der Waals surface area contributed by atoms with Gasteiger partial charge in [-0.05, 0) is 24.0 Å². The average molecular weight is 316 g/mol. The lowest BCUT2D eigenvalue weighted by Gasteiger charge is -2.14. The second kappa shape index (κ2) is 6.36. The molecule has 0 saturated heterocycles. The van der Waals surface area contributed by atoms with Gasteiger partial charge in [-0.2, -0.15) is 0 Å². The van der Waals surface area contributed by atoms with E-state index in [1.54, 1.807) is 11.3 Å². The zero-order valence-corrected chi connectivity index (χ0v) is 13.6. The van der Waals surface area contributed by atoms with Gasteiger partial charge in [0, 0.05) is 19.5 Å². The summed E-state index contributed by atoms with van der Waals surface area (Å²) in [6, 6.07) is 8.27. The molecule has 5 nitrogen and oxygen atoms in total. The van der Waals surface area contributed by atoms with Crippen molar-refractivity contribution in [1.82, 2.24) is 15.6 Å². The maximum atomic E-state index is 12.1. The maximum absolute atomic E-state index is 12.1. The summed E-state index contributed by atoms with van der Waals surface area (Å²) in [6.45, 7) is 0.449. The molecule has 1 aliphatic carbocycles. The third-order valence-electron chi connectivity index (χ3n) is 3.79. The molecule has 116 valence electrons. The van der Waals surface area contributed by atoms with E-state index in [1.165, 1.54) is 11.1 Å². The number of aromatic nitrogens is 1. The van der Waals surface area contributed by atoms with E-state index in [-0.39, 0.29) is 12.1 Å². The lowest BCUT2D eigenvalue weighted by Crippen LogP contribution is -2.37. The Morgan fingerprint density at radius 1 is 1.41 bits per heavy atom. The Balaban J connectivity index is 1.53. The monoisotopic (exact) mass is 316 g/mol. The third-order valence-corrected chi connectivity index (χ3v) is 4.85. The van der Waals surface area contributed by atoms with Gasteiger partial charge >= 0.3 is 6.03 Å². The number of nitrogens with zero attached hydrogens (tertiary/aromatic N) is 2. The third kappa shape index (κ3) is 3.22. The van der Waals surface area contributed by atoms with Crippen molar-refractivity contribution in [2.45, 2.75) is 25.4 Å². The van der Waals surface area contributed by atoms with Crippen LogP contribution in [0.1, 0.15) is 29.3 Å². The number of carbonyl (C=O) groups is 1. The molecule has 0 saturated carbocycles. The van der Waals surface area contributed by atoms with Gasteiger partial charge in [0.05, 0.1) is 18.3 Å². The molecule has 1 atom stereocenters. The molecule has 0 radical (unpaired) electrons. The highest BCUT2D eigenvalue weighted by Gasteiger charge is 2.23. The molecule has 6 heteroatoms. The maximum Gasteiger partial charge on any atom is 0.315 e. The number of anilines is 1. The summed E-state index contributed by atoms with van der Waals surface area (Å²) < 4.78 is 0. The van der Waals surface area contributed by atoms with Crippen LogP contribution in [0.3, 0.4) is 0 Å². The van der Waals surface area contributed by atoms with Crippen molar-refractivity contribution in [3.8, 4) is 0 Å². The van der Waals surface area contributed by atoms with E-state index >= 15 is 0 Å². The van der Waals surface area contributed by atoms with Crippen LogP contribution in [0.5, 0.6) is 0 Å². The standard InChI is InChI=1S/C16H20N4OS/c1-20(2)16-18-12(10-22-16)9-17-15(21)19-14-8-7-11-5-3-4-6-13(11)14/h3-6,10,14H,7-9H2,1-2H3,(H2,17,19,21). The van der Waals surface area contributed by atoms with E-state index in [0.717, 1.165) is 23.7 Å². The average Bonchev–Trinajstić information content (AvgIpc) is 3.13. The molecular formula is C16H20N4OS. The molecule has 1 heterocycles. The Morgan fingerprint density at radius 2 is 2.23 bits per heavy atom. The van der Waals surface area contributed by atoms with Gasteiger partial charge < -0.3 is 15.5 Å². The van der Waals surface area contributed by atoms with Gasteiger partial charge in [-0.15, -0.1) is 11.3 Å². The summed E-state index contributed by atoms with van der Waals surface area (Å²) in [5, 5.41) is 8.85. The second-order valence-electron chi connectivity index (χ2n) is 5.63. The topological polar surface area (TPSA) is 57.3 Å². The highest BCUT2D eigenvalue weighted by molar-refractivity contribution is 7.13. The first-order chi connectivity index (χ1) is 10.6. The van der Waals surface area contributed by atoms with Gasteiger partial charge in [-0.1, -0.05) is 24.3 Å². The number of hydrogen-bond acceptors (Lipinski definition) is 4. The molecule has 2 aromatic rings. The molecule has 1 aromatic carbocycles. The molecule has 2 amide bonds. The first kappa shape index (κ1) is 14.8. The highest BCUT2D eigenvalue weighted by Crippen LogP contribution is 2.30. The predicted molar refractivity (Wildman–Crippen MR) is 89.3 cm³/mol. The molecular weight excluding hydrogens is 296 g/mol. The summed E-state index contributed by atoms with van der Waals surface area (Å²) in [6.07, 6.45) is 1.99. The zero-order chi connectivity index (χ0) is 15.5. The molecule has 1 unspecified atom stereocenters. The Kier molecular flexibility index (Phi) is 4.29. The quantitative estimate of drug-likeness (QED) is 0.912. The van der Waals surface area contributed by atoms with Crippen LogP contribution in [-0.2, 0) is 13.0 Å². The van der Waals surface area contributed by atoms with E-state index in [2.05, 4.69) is 27.8 Å². The van der Waals surface area contributed by atoms with Gasteiger partial charge in [0.2, 0.25) is 0 Å². The number of nitrogens with one attached hydrogen (secondary N) is 2. The number of hydrogen-bond donors (Lipinski definition) is 2. The van der Waals surface area contributed by atoms with Crippen LogP contribution in [0.2, 0.25) is 0 Å². The lowest BCUT2D eigenvalue weighted by molar-refractivity contribution is 0.236. The van der Waals surface area contributed by atoms with Gasteiger partial charge in [0.25, 0.3) is 0 Å². The Labute approximate surface area is 134 Å². The number of benzene rings is 1. The molecule has 0 fully saturated rings. The summed E-state index contributed by atoms with van der Waals surface area (Å²) in [7, 11) is 3.92. The molecule has 0 spiro atoms. The van der Waals surface area contributed by atoms with Crippen LogP contribution < -0.4 is 15.5 Å². The number of thiazole rings is 1. The minimum absolute atomic E-state index is 0.115. The van der Waals surface area contributed by atoms with Crippen LogP contribution in [0.15, 0.2) is 29.6 Å². The van der Waals surface area contributed by atoms with Crippen LogP contribution in [0, 0.1) is 0 Å².